The lowest BCUT2D eigenvalue weighted by molar-refractivity contribution is -0.352. The van der Waals surface area contributed by atoms with Crippen molar-refractivity contribution in [2.45, 2.75) is 148 Å². The lowest BCUT2D eigenvalue weighted by Crippen LogP contribution is -2.60. The Balaban J connectivity index is 0.954. The standard InChI is InChI=1S/C36H56O7/c1-19-9-14-36(39-17-19)21(3)30-28(43-36)16-27-25-8-7-23-15-24(10-12-34(23,5)26(25)11-13-35(27,30)6)41-33-31(37)20(2)32-29(42-33)18-38-22(4)40-32/h7,19-22,24-33,37H,8-18H2,1-6H3/t19-,20-,21+,22?,24+,25-,26+,27+,28+,29?,30+,31?,32+,33-,34+,35+,36-/m1/s1. The summed E-state index contributed by atoms with van der Waals surface area (Å²) in [6.07, 6.45) is 11.5. The van der Waals surface area contributed by atoms with Gasteiger partial charge in [-0.25, -0.2) is 0 Å². The van der Waals surface area contributed by atoms with Crippen LogP contribution >= 0.6 is 0 Å². The molecule has 3 unspecified atom stereocenters. The van der Waals surface area contributed by atoms with E-state index in [2.05, 4.69) is 33.8 Å². The zero-order chi connectivity index (χ0) is 29.9. The Hall–Kier alpha value is -0.540. The molecule has 4 aliphatic carbocycles. The lowest BCUT2D eigenvalue weighted by atomic mass is 9.47. The molecule has 7 heteroatoms. The molecule has 43 heavy (non-hydrogen) atoms. The summed E-state index contributed by atoms with van der Waals surface area (Å²) in [6, 6.07) is 0. The summed E-state index contributed by atoms with van der Waals surface area (Å²) < 4.78 is 38.0. The van der Waals surface area contributed by atoms with Gasteiger partial charge < -0.3 is 33.5 Å². The predicted octanol–water partition coefficient (Wildman–Crippen LogP) is 6.22. The zero-order valence-electron chi connectivity index (χ0n) is 27.3. The van der Waals surface area contributed by atoms with Crippen molar-refractivity contribution < 1.29 is 33.5 Å². The van der Waals surface area contributed by atoms with Crippen molar-refractivity contribution in [3.63, 3.8) is 0 Å². The van der Waals surface area contributed by atoms with Crippen LogP contribution in [0.3, 0.4) is 0 Å². The van der Waals surface area contributed by atoms with Crippen LogP contribution in [0.1, 0.15) is 99.3 Å². The third-order valence-electron chi connectivity index (χ3n) is 14.5. The molecule has 1 spiro atoms. The van der Waals surface area contributed by atoms with Crippen LogP contribution in [0, 0.1) is 52.3 Å². The van der Waals surface area contributed by atoms with Crippen LogP contribution in [-0.4, -0.2) is 67.2 Å². The molecule has 4 heterocycles. The van der Waals surface area contributed by atoms with Gasteiger partial charge in [0.25, 0.3) is 0 Å². The van der Waals surface area contributed by atoms with Crippen LogP contribution < -0.4 is 0 Å². The molecular formula is C36H56O7. The minimum Gasteiger partial charge on any atom is -0.387 e. The maximum Gasteiger partial charge on any atom is 0.184 e. The van der Waals surface area contributed by atoms with E-state index in [1.54, 1.807) is 5.57 Å². The Morgan fingerprint density at radius 1 is 0.930 bits per heavy atom. The second-order valence-electron chi connectivity index (χ2n) is 16.7. The van der Waals surface area contributed by atoms with Gasteiger partial charge >= 0.3 is 0 Å². The van der Waals surface area contributed by atoms with Gasteiger partial charge in [0.05, 0.1) is 31.5 Å². The topological polar surface area (TPSA) is 75.6 Å². The second kappa shape index (κ2) is 10.5. The summed E-state index contributed by atoms with van der Waals surface area (Å²) in [5.41, 5.74) is 2.18. The summed E-state index contributed by atoms with van der Waals surface area (Å²) in [5, 5.41) is 11.1. The van der Waals surface area contributed by atoms with E-state index in [9.17, 15) is 5.11 Å². The van der Waals surface area contributed by atoms with E-state index in [-0.39, 0.29) is 41.7 Å². The largest absolute Gasteiger partial charge is 0.387 e. The third-order valence-corrected chi connectivity index (χ3v) is 14.5. The zero-order valence-corrected chi connectivity index (χ0v) is 27.3. The van der Waals surface area contributed by atoms with E-state index in [0.29, 0.717) is 35.9 Å². The van der Waals surface area contributed by atoms with E-state index in [4.69, 9.17) is 28.4 Å². The summed E-state index contributed by atoms with van der Waals surface area (Å²) in [4.78, 5) is 0. The van der Waals surface area contributed by atoms with E-state index in [1.165, 1.54) is 32.1 Å². The highest BCUT2D eigenvalue weighted by Crippen LogP contribution is 2.70. The van der Waals surface area contributed by atoms with E-state index < -0.39 is 12.4 Å². The van der Waals surface area contributed by atoms with Gasteiger partial charge in [0.15, 0.2) is 18.4 Å². The minimum absolute atomic E-state index is 0.0594. The Morgan fingerprint density at radius 2 is 1.77 bits per heavy atom. The molecule has 7 fully saturated rings. The molecule has 4 saturated heterocycles. The normalized spacial score (nSPS) is 59.5. The van der Waals surface area contributed by atoms with Crippen LogP contribution in [0.25, 0.3) is 0 Å². The summed E-state index contributed by atoms with van der Waals surface area (Å²) >= 11 is 0. The molecule has 242 valence electrons. The van der Waals surface area contributed by atoms with Crippen LogP contribution in [0.5, 0.6) is 0 Å². The molecule has 7 nitrogen and oxygen atoms in total. The van der Waals surface area contributed by atoms with Gasteiger partial charge in [-0.05, 0) is 98.7 Å². The van der Waals surface area contributed by atoms with Crippen LogP contribution in [0.15, 0.2) is 11.6 Å². The Kier molecular flexibility index (Phi) is 7.27. The van der Waals surface area contributed by atoms with Gasteiger partial charge in [-0.15, -0.1) is 0 Å². The fourth-order valence-corrected chi connectivity index (χ4v) is 12.0. The molecule has 0 bridgehead atoms. The fourth-order valence-electron chi connectivity index (χ4n) is 12.0. The Morgan fingerprint density at radius 3 is 2.56 bits per heavy atom. The first-order valence-electron chi connectivity index (χ1n) is 17.8. The van der Waals surface area contributed by atoms with Gasteiger partial charge in [0.1, 0.15) is 12.2 Å². The molecule has 8 rings (SSSR count). The Labute approximate surface area is 258 Å². The van der Waals surface area contributed by atoms with Gasteiger partial charge in [0, 0.05) is 18.3 Å². The minimum atomic E-state index is -0.700. The first-order valence-corrected chi connectivity index (χ1v) is 17.8. The molecule has 4 aliphatic heterocycles. The van der Waals surface area contributed by atoms with Crippen molar-refractivity contribution >= 4 is 0 Å². The Bertz CT molecular complexity index is 1100. The highest BCUT2D eigenvalue weighted by Gasteiger charge is 2.68. The molecule has 0 aromatic carbocycles. The number of aliphatic hydroxyl groups is 1. The van der Waals surface area contributed by atoms with Crippen molar-refractivity contribution in [2.24, 2.45) is 52.3 Å². The second-order valence-corrected chi connectivity index (χ2v) is 16.7. The molecule has 0 radical (unpaired) electrons. The van der Waals surface area contributed by atoms with Gasteiger partial charge in [-0.1, -0.05) is 46.3 Å². The van der Waals surface area contributed by atoms with Crippen molar-refractivity contribution in [1.82, 2.24) is 0 Å². The smallest absolute Gasteiger partial charge is 0.184 e. The third kappa shape index (κ3) is 4.45. The van der Waals surface area contributed by atoms with Gasteiger partial charge in [-0.2, -0.15) is 0 Å². The molecule has 0 amide bonds. The van der Waals surface area contributed by atoms with Crippen molar-refractivity contribution in [3.05, 3.63) is 11.6 Å². The average Bonchev–Trinajstić information content (AvgIpc) is 3.43. The number of fused-ring (bicyclic) bond motifs is 8. The van der Waals surface area contributed by atoms with E-state index in [1.807, 2.05) is 13.8 Å². The number of rotatable bonds is 2. The summed E-state index contributed by atoms with van der Waals surface area (Å²) in [7, 11) is 0. The number of hydrogen-bond acceptors (Lipinski definition) is 7. The van der Waals surface area contributed by atoms with Gasteiger partial charge in [-0.3, -0.25) is 0 Å². The lowest BCUT2D eigenvalue weighted by Gasteiger charge is -2.58. The highest BCUT2D eigenvalue weighted by molar-refractivity contribution is 5.26. The predicted molar refractivity (Wildman–Crippen MR) is 161 cm³/mol. The number of ether oxygens (including phenoxy) is 6. The van der Waals surface area contributed by atoms with E-state index in [0.717, 1.165) is 50.0 Å². The van der Waals surface area contributed by atoms with Crippen LogP contribution in [0.4, 0.5) is 0 Å². The quantitative estimate of drug-likeness (QED) is 0.377. The van der Waals surface area contributed by atoms with E-state index >= 15 is 0 Å². The molecule has 17 atom stereocenters. The summed E-state index contributed by atoms with van der Waals surface area (Å²) in [6.45, 7) is 15.2. The molecule has 3 saturated carbocycles. The monoisotopic (exact) mass is 600 g/mol. The van der Waals surface area contributed by atoms with Gasteiger partial charge in [0.2, 0.25) is 0 Å². The first kappa shape index (κ1) is 29.8. The number of hydrogen-bond donors (Lipinski definition) is 1. The molecule has 1 N–H and O–H groups in total. The van der Waals surface area contributed by atoms with Crippen LogP contribution in [-0.2, 0) is 28.4 Å². The molecule has 0 aromatic heterocycles. The number of allylic oxidation sites excluding steroid dienone is 1. The molecule has 0 aromatic rings. The van der Waals surface area contributed by atoms with Crippen molar-refractivity contribution in [3.8, 4) is 0 Å². The van der Waals surface area contributed by atoms with Crippen molar-refractivity contribution in [1.29, 1.82) is 0 Å². The summed E-state index contributed by atoms with van der Waals surface area (Å²) in [5.74, 6) is 3.54. The maximum atomic E-state index is 11.1. The first-order chi connectivity index (χ1) is 20.5. The molecular weight excluding hydrogens is 544 g/mol. The number of aliphatic hydroxyl groups excluding tert-OH is 1. The highest BCUT2D eigenvalue weighted by atomic mass is 16.7. The van der Waals surface area contributed by atoms with Crippen molar-refractivity contribution in [2.75, 3.05) is 13.2 Å². The average molecular weight is 601 g/mol. The maximum absolute atomic E-state index is 11.1. The fraction of sp³-hybridized carbons (Fsp3) is 0.944. The SMILES string of the molecule is CC1OCC2O[C@@H](O[C@H]3CC[C@@]4(C)C(=CC[C@H]5[C@@H]6C[C@@H]7O[C@]8(CC[C@@H](C)CO8)[C@@H](C)[C@@H]7[C@@]6(C)CC[C@@H]54)C3)C(O)[C@@H](C)[C@@H]2O1. The molecule has 8 aliphatic rings. The van der Waals surface area contributed by atoms with Crippen LogP contribution in [0.2, 0.25) is 0 Å².